The van der Waals surface area contributed by atoms with Gasteiger partial charge in [-0.3, -0.25) is 4.79 Å². The molecule has 1 aromatic carbocycles. The van der Waals surface area contributed by atoms with Gasteiger partial charge in [-0.15, -0.1) is 0 Å². The fourth-order valence-electron chi connectivity index (χ4n) is 2.16. The van der Waals surface area contributed by atoms with Gasteiger partial charge in [0.25, 0.3) is 0 Å². The number of hydrogen-bond donors (Lipinski definition) is 0. The van der Waals surface area contributed by atoms with Gasteiger partial charge in [0.2, 0.25) is 0 Å². The van der Waals surface area contributed by atoms with Gasteiger partial charge in [-0.25, -0.2) is 0 Å². The molecule has 0 spiro atoms. The summed E-state index contributed by atoms with van der Waals surface area (Å²) in [7, 11) is 0. The maximum atomic E-state index is 12.6. The number of Topliss-reactive ketones (excluding diaryl/α,β-unsaturated/α-hetero) is 1. The molecule has 0 unspecified atom stereocenters. The summed E-state index contributed by atoms with van der Waals surface area (Å²) < 4.78 is 1.91. The average Bonchev–Trinajstić information content (AvgIpc) is 2.33. The largest absolute Gasteiger partial charge is 0.294 e. The van der Waals surface area contributed by atoms with E-state index in [1.165, 1.54) is 0 Å². The summed E-state index contributed by atoms with van der Waals surface area (Å²) >= 11 is 7.01. The Morgan fingerprint density at radius 2 is 1.67 bits per heavy atom. The third kappa shape index (κ3) is 3.92. The van der Waals surface area contributed by atoms with E-state index in [0.29, 0.717) is 0 Å². The maximum Gasteiger partial charge on any atom is 0.167 e. The molecule has 0 bridgehead atoms. The standard InChI is InChI=1S/C15H20Br2O/c1-4-6-11(7-5-2)15(18)12-9-13(16)10(3)8-14(12)17/h8-9,11H,4-7H2,1-3H3. The van der Waals surface area contributed by atoms with E-state index < -0.39 is 0 Å². The molecule has 1 aromatic rings. The Labute approximate surface area is 127 Å². The molecule has 0 saturated heterocycles. The minimum absolute atomic E-state index is 0.158. The zero-order valence-electron chi connectivity index (χ0n) is 11.2. The van der Waals surface area contributed by atoms with Crippen molar-refractivity contribution in [2.75, 3.05) is 0 Å². The third-order valence-electron chi connectivity index (χ3n) is 3.16. The fourth-order valence-corrected chi connectivity index (χ4v) is 3.16. The van der Waals surface area contributed by atoms with Crippen molar-refractivity contribution in [3.63, 3.8) is 0 Å². The van der Waals surface area contributed by atoms with Gasteiger partial charge in [0.1, 0.15) is 0 Å². The van der Waals surface area contributed by atoms with Crippen LogP contribution in [0.5, 0.6) is 0 Å². The van der Waals surface area contributed by atoms with E-state index in [0.717, 1.165) is 45.8 Å². The van der Waals surface area contributed by atoms with Crippen LogP contribution in [-0.4, -0.2) is 5.78 Å². The number of halogens is 2. The molecule has 3 heteroatoms. The summed E-state index contributed by atoms with van der Waals surface area (Å²) in [5, 5.41) is 0. The van der Waals surface area contributed by atoms with Crippen molar-refractivity contribution in [2.24, 2.45) is 5.92 Å². The van der Waals surface area contributed by atoms with Crippen LogP contribution in [0.1, 0.15) is 55.5 Å². The van der Waals surface area contributed by atoms with Gasteiger partial charge in [-0.05, 0) is 37.5 Å². The van der Waals surface area contributed by atoms with Crippen LogP contribution in [0.3, 0.4) is 0 Å². The Bertz CT molecular complexity index is 421. The number of ketones is 1. The van der Waals surface area contributed by atoms with Crippen LogP contribution in [0, 0.1) is 12.8 Å². The minimum Gasteiger partial charge on any atom is -0.294 e. The van der Waals surface area contributed by atoms with E-state index in [-0.39, 0.29) is 11.7 Å². The number of carbonyl (C=O) groups is 1. The lowest BCUT2D eigenvalue weighted by atomic mass is 9.89. The molecule has 18 heavy (non-hydrogen) atoms. The summed E-state index contributed by atoms with van der Waals surface area (Å²) in [6.07, 6.45) is 4.07. The third-order valence-corrected chi connectivity index (χ3v) is 4.67. The second-order valence-electron chi connectivity index (χ2n) is 4.72. The van der Waals surface area contributed by atoms with Crippen LogP contribution in [0.2, 0.25) is 0 Å². The fraction of sp³-hybridized carbons (Fsp3) is 0.533. The summed E-state index contributed by atoms with van der Waals surface area (Å²) in [5.74, 6) is 0.428. The van der Waals surface area contributed by atoms with Crippen molar-refractivity contribution >= 4 is 37.6 Å². The van der Waals surface area contributed by atoms with Crippen LogP contribution < -0.4 is 0 Å². The molecule has 0 amide bonds. The summed E-state index contributed by atoms with van der Waals surface area (Å²) in [5.41, 5.74) is 1.94. The molecule has 0 radical (unpaired) electrons. The Morgan fingerprint density at radius 1 is 1.11 bits per heavy atom. The first-order valence-electron chi connectivity index (χ1n) is 6.51. The number of carbonyl (C=O) groups excluding carboxylic acids is 1. The Morgan fingerprint density at radius 3 is 2.17 bits per heavy atom. The second-order valence-corrected chi connectivity index (χ2v) is 6.43. The predicted octanol–water partition coefficient (Wildman–Crippen LogP) is 5.92. The molecule has 0 aliphatic heterocycles. The predicted molar refractivity (Wildman–Crippen MR) is 84.2 cm³/mol. The van der Waals surface area contributed by atoms with Crippen molar-refractivity contribution < 1.29 is 4.79 Å². The number of hydrogen-bond acceptors (Lipinski definition) is 1. The molecule has 0 N–H and O–H groups in total. The van der Waals surface area contributed by atoms with Gasteiger partial charge in [0.05, 0.1) is 0 Å². The smallest absolute Gasteiger partial charge is 0.167 e. The highest BCUT2D eigenvalue weighted by molar-refractivity contribution is 9.11. The monoisotopic (exact) mass is 374 g/mol. The molecule has 0 fully saturated rings. The molecule has 0 atom stereocenters. The maximum absolute atomic E-state index is 12.6. The lowest BCUT2D eigenvalue weighted by molar-refractivity contribution is 0.0904. The molecule has 0 aliphatic rings. The summed E-state index contributed by atoms with van der Waals surface area (Å²) in [4.78, 5) is 12.6. The van der Waals surface area contributed by atoms with Gasteiger partial charge in [-0.2, -0.15) is 0 Å². The first kappa shape index (κ1) is 15.9. The molecule has 0 aromatic heterocycles. The van der Waals surface area contributed by atoms with Crippen LogP contribution >= 0.6 is 31.9 Å². The molecule has 1 rings (SSSR count). The van der Waals surface area contributed by atoms with E-state index in [9.17, 15) is 4.79 Å². The number of aryl methyl sites for hydroxylation is 1. The lowest BCUT2D eigenvalue weighted by Crippen LogP contribution is -2.15. The summed E-state index contributed by atoms with van der Waals surface area (Å²) in [6, 6.07) is 3.95. The molecular formula is C15H20Br2O. The zero-order valence-corrected chi connectivity index (χ0v) is 14.4. The molecule has 1 nitrogen and oxygen atoms in total. The molecular weight excluding hydrogens is 356 g/mol. The van der Waals surface area contributed by atoms with Crippen LogP contribution in [-0.2, 0) is 0 Å². The van der Waals surface area contributed by atoms with Gasteiger partial charge in [0, 0.05) is 20.4 Å². The quantitative estimate of drug-likeness (QED) is 0.564. The van der Waals surface area contributed by atoms with Crippen molar-refractivity contribution in [3.05, 3.63) is 32.2 Å². The number of benzene rings is 1. The Balaban J connectivity index is 3.04. The highest BCUT2D eigenvalue weighted by Gasteiger charge is 2.21. The van der Waals surface area contributed by atoms with E-state index >= 15 is 0 Å². The highest BCUT2D eigenvalue weighted by Crippen LogP contribution is 2.29. The normalized spacial score (nSPS) is 11.0. The van der Waals surface area contributed by atoms with Crippen molar-refractivity contribution in [2.45, 2.75) is 46.5 Å². The minimum atomic E-state index is 0.158. The molecule has 100 valence electrons. The van der Waals surface area contributed by atoms with Gasteiger partial charge >= 0.3 is 0 Å². The second kappa shape index (κ2) is 7.44. The van der Waals surface area contributed by atoms with E-state index in [1.54, 1.807) is 0 Å². The lowest BCUT2D eigenvalue weighted by Gasteiger charge is -2.16. The van der Waals surface area contributed by atoms with Crippen LogP contribution in [0.25, 0.3) is 0 Å². The van der Waals surface area contributed by atoms with Crippen LogP contribution in [0.15, 0.2) is 21.1 Å². The topological polar surface area (TPSA) is 17.1 Å². The van der Waals surface area contributed by atoms with E-state index in [4.69, 9.17) is 0 Å². The van der Waals surface area contributed by atoms with Gasteiger partial charge in [-0.1, -0.05) is 58.5 Å². The average molecular weight is 376 g/mol. The highest BCUT2D eigenvalue weighted by atomic mass is 79.9. The first-order valence-corrected chi connectivity index (χ1v) is 8.09. The Hall–Kier alpha value is -0.150. The van der Waals surface area contributed by atoms with E-state index in [1.807, 2.05) is 19.1 Å². The summed E-state index contributed by atoms with van der Waals surface area (Å²) in [6.45, 7) is 6.30. The SMILES string of the molecule is CCCC(CCC)C(=O)c1cc(Br)c(C)cc1Br. The molecule has 0 aliphatic carbocycles. The van der Waals surface area contributed by atoms with E-state index in [2.05, 4.69) is 45.7 Å². The van der Waals surface area contributed by atoms with Gasteiger partial charge in [0.15, 0.2) is 5.78 Å². The zero-order chi connectivity index (χ0) is 13.7. The number of rotatable bonds is 6. The first-order chi connectivity index (χ1) is 8.51. The van der Waals surface area contributed by atoms with Crippen LogP contribution in [0.4, 0.5) is 0 Å². The molecule has 0 heterocycles. The molecule has 0 saturated carbocycles. The van der Waals surface area contributed by atoms with Crippen molar-refractivity contribution in [3.8, 4) is 0 Å². The van der Waals surface area contributed by atoms with Crippen molar-refractivity contribution in [1.29, 1.82) is 0 Å². The van der Waals surface area contributed by atoms with Gasteiger partial charge < -0.3 is 0 Å². The van der Waals surface area contributed by atoms with Crippen molar-refractivity contribution in [1.82, 2.24) is 0 Å². The Kier molecular flexibility index (Phi) is 6.58.